The number of aromatic nitrogens is 2. The third kappa shape index (κ3) is 3.11. The molecule has 0 spiro atoms. The van der Waals surface area contributed by atoms with Crippen LogP contribution in [0.4, 0.5) is 0 Å². The average Bonchev–Trinajstić information content (AvgIpc) is 2.94. The van der Waals surface area contributed by atoms with Gasteiger partial charge >= 0.3 is 0 Å². The van der Waals surface area contributed by atoms with Gasteiger partial charge in [-0.15, -0.1) is 0 Å². The first-order chi connectivity index (χ1) is 13.9. The number of carbonyl (C=O) groups excluding carboxylic acids is 1. The summed E-state index contributed by atoms with van der Waals surface area (Å²) in [5.41, 5.74) is 6.87. The summed E-state index contributed by atoms with van der Waals surface area (Å²) in [6, 6.07) is 18.4. The predicted octanol–water partition coefficient (Wildman–Crippen LogP) is 5.17. The zero-order valence-corrected chi connectivity index (χ0v) is 17.2. The highest BCUT2D eigenvalue weighted by Gasteiger charge is 2.23. The summed E-state index contributed by atoms with van der Waals surface area (Å²) >= 11 is 0. The van der Waals surface area contributed by atoms with Gasteiger partial charge in [-0.05, 0) is 44.4 Å². The highest BCUT2D eigenvalue weighted by atomic mass is 16.1. The van der Waals surface area contributed by atoms with Gasteiger partial charge in [-0.1, -0.05) is 54.6 Å². The van der Waals surface area contributed by atoms with Crippen LogP contribution in [0.15, 0.2) is 59.4 Å². The number of pyridine rings is 1. The standard InChI is InChI=1S/C25H24N2O2/c1-15-10-8-9-13-20(15)24-23-21(16(2)22(18(4)28)25(29)26-23)17(3)27(24)14-19-11-6-5-7-12-19/h5-13H,14H2,1-4H3,(H,26,29). The number of hydrogen-bond donors (Lipinski definition) is 1. The van der Waals surface area contributed by atoms with E-state index in [4.69, 9.17) is 0 Å². The molecule has 0 unspecified atom stereocenters. The summed E-state index contributed by atoms with van der Waals surface area (Å²) in [7, 11) is 0. The van der Waals surface area contributed by atoms with Crippen molar-refractivity contribution in [2.75, 3.05) is 0 Å². The third-order valence-electron chi connectivity index (χ3n) is 5.67. The minimum atomic E-state index is -0.325. The van der Waals surface area contributed by atoms with Crippen molar-refractivity contribution in [3.63, 3.8) is 0 Å². The Kier molecular flexibility index (Phi) is 4.71. The van der Waals surface area contributed by atoms with E-state index in [0.717, 1.165) is 39.0 Å². The first kappa shape index (κ1) is 18.9. The number of H-pyrrole nitrogens is 1. The molecule has 2 aromatic carbocycles. The molecule has 4 heteroatoms. The van der Waals surface area contributed by atoms with Crippen molar-refractivity contribution >= 4 is 16.7 Å². The number of carbonyl (C=O) groups is 1. The van der Waals surface area contributed by atoms with Crippen LogP contribution in [0.2, 0.25) is 0 Å². The third-order valence-corrected chi connectivity index (χ3v) is 5.67. The van der Waals surface area contributed by atoms with Crippen molar-refractivity contribution in [2.45, 2.75) is 34.2 Å². The van der Waals surface area contributed by atoms with Gasteiger partial charge in [0.2, 0.25) is 0 Å². The maximum atomic E-state index is 12.8. The number of fused-ring (bicyclic) bond motifs is 1. The van der Waals surface area contributed by atoms with Crippen LogP contribution in [0.25, 0.3) is 22.2 Å². The number of benzene rings is 2. The highest BCUT2D eigenvalue weighted by Crippen LogP contribution is 2.36. The average molecular weight is 384 g/mol. The second kappa shape index (κ2) is 7.21. The van der Waals surface area contributed by atoms with Gasteiger partial charge in [0, 0.05) is 23.2 Å². The van der Waals surface area contributed by atoms with Crippen molar-refractivity contribution in [2.24, 2.45) is 0 Å². The Morgan fingerprint density at radius 1 is 0.966 bits per heavy atom. The second-order valence-electron chi connectivity index (χ2n) is 7.58. The van der Waals surface area contributed by atoms with E-state index in [1.807, 2.05) is 37.3 Å². The van der Waals surface area contributed by atoms with Gasteiger partial charge in [0.15, 0.2) is 5.78 Å². The summed E-state index contributed by atoms with van der Waals surface area (Å²) in [4.78, 5) is 27.9. The molecule has 0 aliphatic heterocycles. The Morgan fingerprint density at radius 2 is 1.62 bits per heavy atom. The molecule has 1 N–H and O–H groups in total. The van der Waals surface area contributed by atoms with Crippen molar-refractivity contribution in [3.8, 4) is 11.3 Å². The van der Waals surface area contributed by atoms with Crippen molar-refractivity contribution in [3.05, 3.63) is 92.9 Å². The van der Waals surface area contributed by atoms with Gasteiger partial charge in [-0.25, -0.2) is 0 Å². The van der Waals surface area contributed by atoms with E-state index in [1.165, 1.54) is 12.5 Å². The lowest BCUT2D eigenvalue weighted by Crippen LogP contribution is -2.18. The molecule has 0 saturated heterocycles. The molecule has 2 heterocycles. The maximum Gasteiger partial charge on any atom is 0.259 e. The van der Waals surface area contributed by atoms with Crippen LogP contribution in [0.3, 0.4) is 0 Å². The van der Waals surface area contributed by atoms with Crippen LogP contribution in [0.5, 0.6) is 0 Å². The molecule has 0 fully saturated rings. The first-order valence-corrected chi connectivity index (χ1v) is 9.76. The number of rotatable bonds is 4. The largest absolute Gasteiger partial charge is 0.338 e. The summed E-state index contributed by atoms with van der Waals surface area (Å²) in [5.74, 6) is -0.210. The summed E-state index contributed by atoms with van der Waals surface area (Å²) < 4.78 is 2.25. The lowest BCUT2D eigenvalue weighted by atomic mass is 10.0. The molecule has 29 heavy (non-hydrogen) atoms. The van der Waals surface area contributed by atoms with E-state index in [-0.39, 0.29) is 16.9 Å². The zero-order chi connectivity index (χ0) is 20.7. The molecule has 146 valence electrons. The van der Waals surface area contributed by atoms with Crippen LogP contribution in [-0.2, 0) is 6.54 Å². The van der Waals surface area contributed by atoms with Crippen molar-refractivity contribution in [1.29, 1.82) is 0 Å². The molecule has 4 aromatic rings. The number of nitrogens with zero attached hydrogens (tertiary/aromatic N) is 1. The fourth-order valence-electron chi connectivity index (χ4n) is 4.30. The van der Waals surface area contributed by atoms with Gasteiger partial charge in [-0.2, -0.15) is 0 Å². The number of hydrogen-bond acceptors (Lipinski definition) is 2. The topological polar surface area (TPSA) is 54.9 Å². The highest BCUT2D eigenvalue weighted by molar-refractivity contribution is 6.04. The molecule has 4 nitrogen and oxygen atoms in total. The lowest BCUT2D eigenvalue weighted by Gasteiger charge is -2.14. The van der Waals surface area contributed by atoms with Gasteiger partial charge in [-0.3, -0.25) is 9.59 Å². The number of Topliss-reactive ketones (excluding diaryl/α,β-unsaturated/α-hetero) is 1. The van der Waals surface area contributed by atoms with Crippen LogP contribution in [0, 0.1) is 20.8 Å². The van der Waals surface area contributed by atoms with E-state index < -0.39 is 0 Å². The number of ketones is 1. The van der Waals surface area contributed by atoms with Gasteiger partial charge in [0.25, 0.3) is 5.56 Å². The molecule has 0 aliphatic rings. The van der Waals surface area contributed by atoms with Gasteiger partial charge in [0.05, 0.1) is 16.8 Å². The molecule has 0 radical (unpaired) electrons. The minimum Gasteiger partial charge on any atom is -0.338 e. The molecular weight excluding hydrogens is 360 g/mol. The Hall–Kier alpha value is -3.40. The molecule has 2 aromatic heterocycles. The summed E-state index contributed by atoms with van der Waals surface area (Å²) in [5, 5.41) is 0.948. The normalized spacial score (nSPS) is 11.2. The van der Waals surface area contributed by atoms with E-state index in [0.29, 0.717) is 6.54 Å². The number of aromatic amines is 1. The molecule has 0 saturated carbocycles. The Balaban J connectivity index is 2.12. The SMILES string of the molecule is CC(=O)c1c(C)c2c(C)n(Cc3ccccc3)c(-c3ccccc3C)c2[nH]c1=O. The fourth-order valence-corrected chi connectivity index (χ4v) is 4.30. The van der Waals surface area contributed by atoms with Gasteiger partial charge < -0.3 is 9.55 Å². The van der Waals surface area contributed by atoms with E-state index in [1.54, 1.807) is 0 Å². The predicted molar refractivity (Wildman–Crippen MR) is 118 cm³/mol. The quantitative estimate of drug-likeness (QED) is 0.493. The second-order valence-corrected chi connectivity index (χ2v) is 7.58. The summed E-state index contributed by atoms with van der Waals surface area (Å²) in [6.45, 7) is 8.13. The Labute approximate surface area is 169 Å². The fraction of sp³-hybridized carbons (Fsp3) is 0.200. The van der Waals surface area contributed by atoms with Crippen LogP contribution < -0.4 is 5.56 Å². The molecule has 0 atom stereocenters. The van der Waals surface area contributed by atoms with Crippen LogP contribution in [-0.4, -0.2) is 15.3 Å². The lowest BCUT2D eigenvalue weighted by molar-refractivity contribution is 0.101. The molecule has 4 rings (SSSR count). The zero-order valence-electron chi connectivity index (χ0n) is 17.2. The van der Waals surface area contributed by atoms with Crippen molar-refractivity contribution in [1.82, 2.24) is 9.55 Å². The smallest absolute Gasteiger partial charge is 0.259 e. The Morgan fingerprint density at radius 3 is 2.28 bits per heavy atom. The van der Waals surface area contributed by atoms with Crippen LogP contribution >= 0.6 is 0 Å². The number of nitrogens with one attached hydrogen (secondary N) is 1. The molecular formula is C25H24N2O2. The summed E-state index contributed by atoms with van der Waals surface area (Å²) in [6.07, 6.45) is 0. The first-order valence-electron chi connectivity index (χ1n) is 9.76. The monoisotopic (exact) mass is 384 g/mol. The van der Waals surface area contributed by atoms with E-state index >= 15 is 0 Å². The Bertz CT molecular complexity index is 1290. The van der Waals surface area contributed by atoms with E-state index in [9.17, 15) is 9.59 Å². The van der Waals surface area contributed by atoms with E-state index in [2.05, 4.69) is 47.7 Å². The minimum absolute atomic E-state index is 0.210. The van der Waals surface area contributed by atoms with Crippen molar-refractivity contribution < 1.29 is 4.79 Å². The van der Waals surface area contributed by atoms with Crippen LogP contribution in [0.1, 0.15) is 39.7 Å². The maximum absolute atomic E-state index is 12.8. The molecule has 0 amide bonds. The molecule has 0 aliphatic carbocycles. The number of aryl methyl sites for hydroxylation is 3. The van der Waals surface area contributed by atoms with Gasteiger partial charge in [0.1, 0.15) is 0 Å². The molecule has 0 bridgehead atoms.